The highest BCUT2D eigenvalue weighted by Crippen LogP contribution is 2.21. The molecule has 0 radical (unpaired) electrons. The summed E-state index contributed by atoms with van der Waals surface area (Å²) < 4.78 is 7.23. The second kappa shape index (κ2) is 9.40. The SMILES string of the molecule is COc1ccc(C=NNc2nc(-c3ccccc3)c(C#N)c(=O)[nH]2)cc1Cn1cccn1. The molecule has 0 fully saturated rings. The van der Waals surface area contributed by atoms with E-state index in [4.69, 9.17) is 4.74 Å². The number of hydrogen-bond donors (Lipinski definition) is 2. The molecule has 32 heavy (non-hydrogen) atoms. The maximum Gasteiger partial charge on any atom is 0.270 e. The lowest BCUT2D eigenvalue weighted by Gasteiger charge is -2.09. The predicted octanol–water partition coefficient (Wildman–Crippen LogP) is 3.01. The quantitative estimate of drug-likeness (QED) is 0.347. The van der Waals surface area contributed by atoms with E-state index in [1.807, 2.05) is 54.7 Å². The molecule has 4 aromatic rings. The zero-order valence-corrected chi connectivity index (χ0v) is 17.2. The average Bonchev–Trinajstić information content (AvgIpc) is 3.33. The summed E-state index contributed by atoms with van der Waals surface area (Å²) in [6.45, 7) is 0.552. The lowest BCUT2D eigenvalue weighted by molar-refractivity contribution is 0.407. The molecule has 0 unspecified atom stereocenters. The Balaban J connectivity index is 1.57. The van der Waals surface area contributed by atoms with Gasteiger partial charge >= 0.3 is 0 Å². The van der Waals surface area contributed by atoms with Crippen LogP contribution in [0.15, 0.2) is 76.9 Å². The summed E-state index contributed by atoms with van der Waals surface area (Å²) in [4.78, 5) is 19.2. The monoisotopic (exact) mass is 425 g/mol. The van der Waals surface area contributed by atoms with Gasteiger partial charge in [0.2, 0.25) is 5.95 Å². The molecule has 9 heteroatoms. The molecule has 0 aliphatic heterocycles. The Morgan fingerprint density at radius 3 is 2.81 bits per heavy atom. The van der Waals surface area contributed by atoms with Crippen LogP contribution in [0.4, 0.5) is 5.95 Å². The summed E-state index contributed by atoms with van der Waals surface area (Å²) in [5.74, 6) is 0.880. The van der Waals surface area contributed by atoms with Crippen molar-refractivity contribution in [3.63, 3.8) is 0 Å². The normalized spacial score (nSPS) is 10.8. The van der Waals surface area contributed by atoms with Gasteiger partial charge in [-0.15, -0.1) is 0 Å². The van der Waals surface area contributed by atoms with Gasteiger partial charge in [-0.1, -0.05) is 30.3 Å². The number of rotatable bonds is 7. The number of ether oxygens (including phenoxy) is 1. The van der Waals surface area contributed by atoms with E-state index in [2.05, 4.69) is 25.6 Å². The molecule has 2 heterocycles. The van der Waals surface area contributed by atoms with Gasteiger partial charge in [0.25, 0.3) is 5.56 Å². The Bertz CT molecular complexity index is 1340. The van der Waals surface area contributed by atoms with E-state index < -0.39 is 5.56 Å². The molecule has 0 saturated carbocycles. The van der Waals surface area contributed by atoms with Crippen LogP contribution in [-0.4, -0.2) is 33.1 Å². The van der Waals surface area contributed by atoms with Crippen LogP contribution in [0.5, 0.6) is 5.75 Å². The van der Waals surface area contributed by atoms with E-state index >= 15 is 0 Å². The zero-order valence-electron chi connectivity index (χ0n) is 17.2. The van der Waals surface area contributed by atoms with Crippen LogP contribution in [0.25, 0.3) is 11.3 Å². The molecule has 0 spiro atoms. The first-order valence-electron chi connectivity index (χ1n) is 9.71. The van der Waals surface area contributed by atoms with Gasteiger partial charge < -0.3 is 4.74 Å². The molecule has 158 valence electrons. The van der Waals surface area contributed by atoms with E-state index in [1.54, 1.807) is 36.3 Å². The van der Waals surface area contributed by atoms with Crippen LogP contribution in [0.1, 0.15) is 16.7 Å². The van der Waals surface area contributed by atoms with Crippen LogP contribution in [0.3, 0.4) is 0 Å². The third-order valence-corrected chi connectivity index (χ3v) is 4.66. The lowest BCUT2D eigenvalue weighted by atomic mass is 10.1. The van der Waals surface area contributed by atoms with Crippen molar-refractivity contribution in [2.24, 2.45) is 5.10 Å². The van der Waals surface area contributed by atoms with E-state index in [-0.39, 0.29) is 11.5 Å². The predicted molar refractivity (Wildman–Crippen MR) is 121 cm³/mol. The van der Waals surface area contributed by atoms with Crippen molar-refractivity contribution in [1.29, 1.82) is 5.26 Å². The van der Waals surface area contributed by atoms with Gasteiger partial charge in [0, 0.05) is 23.5 Å². The number of nitrogens with one attached hydrogen (secondary N) is 2. The number of aromatic nitrogens is 4. The molecule has 2 aromatic carbocycles. The van der Waals surface area contributed by atoms with Crippen molar-refractivity contribution in [3.8, 4) is 23.1 Å². The maximum absolute atomic E-state index is 12.3. The number of nitrogens with zero attached hydrogens (tertiary/aromatic N) is 5. The fraction of sp³-hybridized carbons (Fsp3) is 0.0870. The summed E-state index contributed by atoms with van der Waals surface area (Å²) in [6.07, 6.45) is 5.20. The lowest BCUT2D eigenvalue weighted by Crippen LogP contribution is -2.16. The number of benzene rings is 2. The summed E-state index contributed by atoms with van der Waals surface area (Å²) >= 11 is 0. The van der Waals surface area contributed by atoms with Crippen molar-refractivity contribution in [2.75, 3.05) is 12.5 Å². The number of nitriles is 1. The maximum atomic E-state index is 12.3. The van der Waals surface area contributed by atoms with Crippen molar-refractivity contribution in [2.45, 2.75) is 6.54 Å². The molecule has 2 aromatic heterocycles. The van der Waals surface area contributed by atoms with E-state index in [9.17, 15) is 10.1 Å². The number of methoxy groups -OCH3 is 1. The molecular weight excluding hydrogens is 406 g/mol. The smallest absolute Gasteiger partial charge is 0.270 e. The summed E-state index contributed by atoms with van der Waals surface area (Å²) in [7, 11) is 1.62. The van der Waals surface area contributed by atoms with Crippen molar-refractivity contribution in [1.82, 2.24) is 19.7 Å². The molecule has 0 saturated heterocycles. The third-order valence-electron chi connectivity index (χ3n) is 4.66. The first-order valence-corrected chi connectivity index (χ1v) is 9.71. The number of aromatic amines is 1. The Hall–Kier alpha value is -4.71. The van der Waals surface area contributed by atoms with Gasteiger partial charge in [-0.25, -0.2) is 10.4 Å². The Morgan fingerprint density at radius 1 is 1.25 bits per heavy atom. The highest BCUT2D eigenvalue weighted by Gasteiger charge is 2.13. The molecule has 0 aliphatic carbocycles. The topological polar surface area (TPSA) is 121 Å². The van der Waals surface area contributed by atoms with E-state index in [1.165, 1.54) is 0 Å². The molecule has 2 N–H and O–H groups in total. The van der Waals surface area contributed by atoms with Crippen molar-refractivity contribution in [3.05, 3.63) is 94.0 Å². The van der Waals surface area contributed by atoms with E-state index in [0.717, 1.165) is 16.9 Å². The van der Waals surface area contributed by atoms with Crippen LogP contribution in [0, 0.1) is 11.3 Å². The molecular formula is C23H19N7O2. The Morgan fingerprint density at radius 2 is 2.09 bits per heavy atom. The molecule has 0 atom stereocenters. The summed E-state index contributed by atoms with van der Waals surface area (Å²) in [6, 6.07) is 18.5. The minimum Gasteiger partial charge on any atom is -0.496 e. The molecule has 0 bridgehead atoms. The van der Waals surface area contributed by atoms with Crippen LogP contribution >= 0.6 is 0 Å². The Labute approximate surface area is 183 Å². The van der Waals surface area contributed by atoms with Gasteiger partial charge in [0.05, 0.1) is 25.6 Å². The van der Waals surface area contributed by atoms with Gasteiger partial charge in [-0.3, -0.25) is 14.5 Å². The molecule has 0 amide bonds. The summed E-state index contributed by atoms with van der Waals surface area (Å²) in [5.41, 5.74) is 4.86. The summed E-state index contributed by atoms with van der Waals surface area (Å²) in [5, 5.41) is 17.8. The highest BCUT2D eigenvalue weighted by atomic mass is 16.5. The average molecular weight is 425 g/mol. The largest absolute Gasteiger partial charge is 0.496 e. The van der Waals surface area contributed by atoms with Crippen LogP contribution in [-0.2, 0) is 6.54 Å². The fourth-order valence-corrected chi connectivity index (χ4v) is 3.17. The standard InChI is InChI=1S/C23H19N7O2/c1-32-20-9-8-16(12-18(20)15-30-11-5-10-26-30)14-25-29-23-27-21(17-6-3-2-4-7-17)19(13-24)22(31)28-23/h2-12,14H,15H2,1H3,(H2,27,28,29,31). The minimum atomic E-state index is -0.537. The van der Waals surface area contributed by atoms with Crippen molar-refractivity contribution >= 4 is 12.2 Å². The second-order valence-electron chi connectivity index (χ2n) is 6.76. The van der Waals surface area contributed by atoms with Gasteiger partial charge in [-0.2, -0.15) is 15.5 Å². The number of H-pyrrole nitrogens is 1. The molecule has 0 aliphatic rings. The fourth-order valence-electron chi connectivity index (χ4n) is 3.17. The van der Waals surface area contributed by atoms with Gasteiger partial charge in [0.1, 0.15) is 17.4 Å². The van der Waals surface area contributed by atoms with Crippen LogP contribution < -0.4 is 15.7 Å². The first-order chi connectivity index (χ1) is 15.7. The van der Waals surface area contributed by atoms with Crippen LogP contribution in [0.2, 0.25) is 0 Å². The van der Waals surface area contributed by atoms with Gasteiger partial charge in [-0.05, 0) is 29.8 Å². The number of hydrogen-bond acceptors (Lipinski definition) is 7. The Kier molecular flexibility index (Phi) is 6.04. The number of hydrazone groups is 1. The van der Waals surface area contributed by atoms with Gasteiger partial charge in [0.15, 0.2) is 0 Å². The third kappa shape index (κ3) is 4.55. The first kappa shape index (κ1) is 20.6. The molecule has 4 rings (SSSR count). The second-order valence-corrected chi connectivity index (χ2v) is 6.76. The molecule has 9 nitrogen and oxygen atoms in total. The minimum absolute atomic E-state index is 0.0517. The van der Waals surface area contributed by atoms with E-state index in [0.29, 0.717) is 17.8 Å². The zero-order chi connectivity index (χ0) is 22.3. The van der Waals surface area contributed by atoms with Crippen molar-refractivity contribution < 1.29 is 4.74 Å². The number of anilines is 1. The highest BCUT2D eigenvalue weighted by molar-refractivity contribution is 5.81.